The molecule has 8 nitrogen and oxygen atoms in total. The highest BCUT2D eigenvalue weighted by atomic mass is 32.2. The van der Waals surface area contributed by atoms with Crippen molar-refractivity contribution in [3.05, 3.63) is 0 Å². The normalized spacial score (nSPS) is 22.1. The van der Waals surface area contributed by atoms with Crippen LogP contribution in [0.2, 0.25) is 0 Å². The van der Waals surface area contributed by atoms with Crippen molar-refractivity contribution in [1.82, 2.24) is 10.2 Å². The first kappa shape index (κ1) is 15.4. The molecule has 0 aromatic carbocycles. The Hall–Kier alpha value is -1.64. The number of hydrogen-bond acceptors (Lipinski definition) is 5. The molecule has 4 N–H and O–H groups in total. The minimum atomic E-state index is -1.02. The fourth-order valence-corrected chi connectivity index (χ4v) is 3.09. The molecule has 19 heavy (non-hydrogen) atoms. The topological polar surface area (TPSA) is 122 Å². The van der Waals surface area contributed by atoms with E-state index in [9.17, 15) is 14.4 Å². The van der Waals surface area contributed by atoms with Gasteiger partial charge < -0.3 is 20.9 Å². The fourth-order valence-electron chi connectivity index (χ4n) is 1.74. The van der Waals surface area contributed by atoms with Crippen LogP contribution in [0.3, 0.4) is 0 Å². The molecule has 3 amide bonds. The number of rotatable bonds is 5. The molecule has 1 fully saturated rings. The van der Waals surface area contributed by atoms with Gasteiger partial charge in [0, 0.05) is 5.75 Å². The maximum atomic E-state index is 11.9. The summed E-state index contributed by atoms with van der Waals surface area (Å²) < 4.78 is 4.47. The average Bonchev–Trinajstić information content (AvgIpc) is 2.77. The van der Waals surface area contributed by atoms with E-state index in [2.05, 4.69) is 10.1 Å². The molecule has 108 valence electrons. The average molecular weight is 291 g/mol. The van der Waals surface area contributed by atoms with Crippen LogP contribution in [0.25, 0.3) is 0 Å². The van der Waals surface area contributed by atoms with E-state index in [-0.39, 0.29) is 18.5 Å². The number of nitrogens with zero attached hydrogens (tertiary/aromatic N) is 1. The number of aliphatic carboxylic acids is 1. The molecule has 0 aromatic heterocycles. The molecule has 0 aliphatic carbocycles. The molecule has 2 atom stereocenters. The Morgan fingerprint density at radius 3 is 2.74 bits per heavy atom. The Labute approximate surface area is 114 Å². The SMILES string of the molecule is CCC1SCC(C(=O)O)N1C(=O)NCCOC(N)=O. The second-order valence-electron chi connectivity index (χ2n) is 3.86. The van der Waals surface area contributed by atoms with E-state index in [1.165, 1.54) is 16.7 Å². The van der Waals surface area contributed by atoms with Crippen LogP contribution in [0.4, 0.5) is 9.59 Å². The van der Waals surface area contributed by atoms with E-state index in [0.29, 0.717) is 12.2 Å². The van der Waals surface area contributed by atoms with Gasteiger partial charge in [-0.15, -0.1) is 11.8 Å². The maximum Gasteiger partial charge on any atom is 0.404 e. The number of urea groups is 1. The van der Waals surface area contributed by atoms with Crippen molar-refractivity contribution in [3.8, 4) is 0 Å². The fraction of sp³-hybridized carbons (Fsp3) is 0.700. The molecule has 1 rings (SSSR count). The van der Waals surface area contributed by atoms with Gasteiger partial charge in [0.05, 0.1) is 11.9 Å². The lowest BCUT2D eigenvalue weighted by Crippen LogP contribution is -2.50. The Morgan fingerprint density at radius 1 is 1.53 bits per heavy atom. The summed E-state index contributed by atoms with van der Waals surface area (Å²) in [7, 11) is 0. The van der Waals surface area contributed by atoms with Gasteiger partial charge in [0.25, 0.3) is 0 Å². The Balaban J connectivity index is 2.51. The molecule has 0 spiro atoms. The van der Waals surface area contributed by atoms with Crippen LogP contribution >= 0.6 is 11.8 Å². The van der Waals surface area contributed by atoms with Gasteiger partial charge in [0.2, 0.25) is 0 Å². The Morgan fingerprint density at radius 2 is 2.21 bits per heavy atom. The summed E-state index contributed by atoms with van der Waals surface area (Å²) in [5.74, 6) is -0.647. The molecule has 0 radical (unpaired) electrons. The van der Waals surface area contributed by atoms with Crippen LogP contribution < -0.4 is 11.1 Å². The van der Waals surface area contributed by atoms with Crippen molar-refractivity contribution in [2.75, 3.05) is 18.9 Å². The minimum absolute atomic E-state index is 0.0451. The van der Waals surface area contributed by atoms with E-state index >= 15 is 0 Å². The highest BCUT2D eigenvalue weighted by Crippen LogP contribution is 2.31. The monoisotopic (exact) mass is 291 g/mol. The third-order valence-electron chi connectivity index (χ3n) is 2.58. The van der Waals surface area contributed by atoms with Crippen LogP contribution in [0.15, 0.2) is 0 Å². The third kappa shape index (κ3) is 4.19. The van der Waals surface area contributed by atoms with Gasteiger partial charge in [-0.3, -0.25) is 4.90 Å². The van der Waals surface area contributed by atoms with E-state index in [1.807, 2.05) is 6.92 Å². The van der Waals surface area contributed by atoms with E-state index in [4.69, 9.17) is 10.8 Å². The molecule has 0 bridgehead atoms. The van der Waals surface area contributed by atoms with Gasteiger partial charge in [-0.05, 0) is 6.42 Å². The second kappa shape index (κ2) is 7.07. The molecule has 1 aliphatic rings. The lowest BCUT2D eigenvalue weighted by atomic mass is 10.3. The number of carbonyl (C=O) groups is 3. The molecule has 0 aromatic rings. The lowest BCUT2D eigenvalue weighted by Gasteiger charge is -2.26. The van der Waals surface area contributed by atoms with Crippen LogP contribution in [0.1, 0.15) is 13.3 Å². The molecule has 0 saturated carbocycles. The molecule has 1 aliphatic heterocycles. The number of nitrogens with two attached hydrogens (primary N) is 1. The summed E-state index contributed by atoms with van der Waals surface area (Å²) in [5.41, 5.74) is 4.77. The molecule has 2 unspecified atom stereocenters. The zero-order valence-corrected chi connectivity index (χ0v) is 11.3. The second-order valence-corrected chi connectivity index (χ2v) is 5.07. The summed E-state index contributed by atoms with van der Waals surface area (Å²) in [6, 6.07) is -1.30. The van der Waals surface area contributed by atoms with Crippen molar-refractivity contribution in [2.45, 2.75) is 24.8 Å². The number of nitrogens with one attached hydrogen (secondary N) is 1. The molecular formula is C10H17N3O5S. The molecule has 1 heterocycles. The van der Waals surface area contributed by atoms with Crippen LogP contribution in [-0.4, -0.2) is 58.4 Å². The van der Waals surface area contributed by atoms with Crippen molar-refractivity contribution >= 4 is 29.9 Å². The predicted octanol–water partition coefficient (Wildman–Crippen LogP) is 0.0294. The van der Waals surface area contributed by atoms with Crippen LogP contribution in [0, 0.1) is 0 Å². The van der Waals surface area contributed by atoms with Gasteiger partial charge in [-0.25, -0.2) is 14.4 Å². The number of hydrogen-bond donors (Lipinski definition) is 3. The highest BCUT2D eigenvalue weighted by molar-refractivity contribution is 8.00. The molecule has 1 saturated heterocycles. The zero-order chi connectivity index (χ0) is 14.4. The number of ether oxygens (including phenoxy) is 1. The number of carboxylic acids is 1. The number of primary amides is 1. The van der Waals surface area contributed by atoms with Crippen molar-refractivity contribution < 1.29 is 24.2 Å². The quantitative estimate of drug-likeness (QED) is 0.614. The minimum Gasteiger partial charge on any atom is -0.480 e. The predicted molar refractivity (Wildman–Crippen MR) is 68.7 cm³/mol. The lowest BCUT2D eigenvalue weighted by molar-refractivity contribution is -0.141. The van der Waals surface area contributed by atoms with Crippen LogP contribution in [-0.2, 0) is 9.53 Å². The van der Waals surface area contributed by atoms with E-state index in [0.717, 1.165) is 0 Å². The van der Waals surface area contributed by atoms with Crippen LogP contribution in [0.5, 0.6) is 0 Å². The maximum absolute atomic E-state index is 11.9. The summed E-state index contributed by atoms with van der Waals surface area (Å²) in [6.45, 7) is 1.93. The Bertz CT molecular complexity index is 365. The van der Waals surface area contributed by atoms with Gasteiger partial charge in [-0.1, -0.05) is 6.92 Å². The number of amides is 3. The number of carboxylic acid groups (broad SMARTS) is 1. The van der Waals surface area contributed by atoms with E-state index < -0.39 is 24.1 Å². The van der Waals surface area contributed by atoms with Gasteiger partial charge in [0.15, 0.2) is 0 Å². The summed E-state index contributed by atoms with van der Waals surface area (Å²) in [5, 5.41) is 11.4. The molecular weight excluding hydrogens is 274 g/mol. The summed E-state index contributed by atoms with van der Waals surface area (Å²) in [6.07, 6.45) is -0.250. The smallest absolute Gasteiger partial charge is 0.404 e. The standard InChI is InChI=1S/C10H17N3O5S/c1-2-7-13(6(5-19-7)8(14)15)10(17)12-3-4-18-9(11)16/h6-7H,2-5H2,1H3,(H2,11,16)(H,12,17)(H,14,15). The van der Waals surface area contributed by atoms with Crippen molar-refractivity contribution in [2.24, 2.45) is 5.73 Å². The first-order chi connectivity index (χ1) is 8.97. The summed E-state index contributed by atoms with van der Waals surface area (Å²) >= 11 is 1.44. The molecule has 9 heteroatoms. The zero-order valence-electron chi connectivity index (χ0n) is 10.5. The number of carbonyl (C=O) groups excluding carboxylic acids is 2. The third-order valence-corrected chi connectivity index (χ3v) is 4.04. The first-order valence-corrected chi connectivity index (χ1v) is 6.85. The number of thioether (sulfide) groups is 1. The Kier molecular flexibility index (Phi) is 5.74. The van der Waals surface area contributed by atoms with E-state index in [1.54, 1.807) is 0 Å². The first-order valence-electron chi connectivity index (χ1n) is 5.80. The summed E-state index contributed by atoms with van der Waals surface area (Å²) in [4.78, 5) is 34.7. The van der Waals surface area contributed by atoms with Gasteiger partial charge in [0.1, 0.15) is 12.6 Å². The van der Waals surface area contributed by atoms with Gasteiger partial charge in [-0.2, -0.15) is 0 Å². The van der Waals surface area contributed by atoms with Crippen molar-refractivity contribution in [3.63, 3.8) is 0 Å². The largest absolute Gasteiger partial charge is 0.480 e. The van der Waals surface area contributed by atoms with Crippen molar-refractivity contribution in [1.29, 1.82) is 0 Å². The van der Waals surface area contributed by atoms with Gasteiger partial charge >= 0.3 is 18.1 Å². The highest BCUT2D eigenvalue weighted by Gasteiger charge is 2.40.